The first-order chi connectivity index (χ1) is 9.11. The predicted octanol–water partition coefficient (Wildman–Crippen LogP) is 1.40. The number of likely N-dealkylation sites (tertiary alicyclic amines) is 1. The summed E-state index contributed by atoms with van der Waals surface area (Å²) in [5, 5.41) is 2.63. The van der Waals surface area contributed by atoms with Gasteiger partial charge in [0.1, 0.15) is 5.82 Å². The van der Waals surface area contributed by atoms with Crippen molar-refractivity contribution in [3.63, 3.8) is 0 Å². The summed E-state index contributed by atoms with van der Waals surface area (Å²) in [5.41, 5.74) is 0.0567. The Morgan fingerprint density at radius 2 is 2.16 bits per heavy atom. The summed E-state index contributed by atoms with van der Waals surface area (Å²) in [5.74, 6) is -0.885. The molecule has 2 rings (SSSR count). The van der Waals surface area contributed by atoms with Crippen LogP contribution in [0.1, 0.15) is 16.8 Å². The maximum atomic E-state index is 13.5. The lowest BCUT2D eigenvalue weighted by Gasteiger charge is -2.17. The van der Waals surface area contributed by atoms with Gasteiger partial charge in [-0.05, 0) is 18.6 Å². The van der Waals surface area contributed by atoms with Crippen LogP contribution in [0.5, 0.6) is 0 Å². The van der Waals surface area contributed by atoms with Crippen LogP contribution in [0.3, 0.4) is 0 Å². The van der Waals surface area contributed by atoms with E-state index in [1.807, 2.05) is 0 Å². The van der Waals surface area contributed by atoms with E-state index in [0.717, 1.165) is 0 Å². The van der Waals surface area contributed by atoms with Gasteiger partial charge in [0.25, 0.3) is 5.91 Å². The molecule has 1 aliphatic heterocycles. The molecule has 0 aliphatic carbocycles. The highest BCUT2D eigenvalue weighted by Gasteiger charge is 2.29. The fraction of sp³-hybridized carbons (Fsp3) is 0.385. The van der Waals surface area contributed by atoms with E-state index in [0.29, 0.717) is 19.5 Å². The summed E-state index contributed by atoms with van der Waals surface area (Å²) in [7, 11) is 1.28. The molecular weight excluding hydrogens is 251 g/mol. The predicted molar refractivity (Wildman–Crippen MR) is 66.2 cm³/mol. The van der Waals surface area contributed by atoms with Crippen LogP contribution in [0.2, 0.25) is 0 Å². The Labute approximate surface area is 110 Å². The number of nitrogens with zero attached hydrogens (tertiary/aromatic N) is 1. The van der Waals surface area contributed by atoms with Crippen molar-refractivity contribution < 1.29 is 18.7 Å². The normalized spacial score (nSPS) is 18.2. The van der Waals surface area contributed by atoms with E-state index in [-0.39, 0.29) is 17.5 Å². The molecule has 0 spiro atoms. The van der Waals surface area contributed by atoms with Gasteiger partial charge in [-0.1, -0.05) is 12.1 Å². The number of carbonyl (C=O) groups is 2. The van der Waals surface area contributed by atoms with Crippen molar-refractivity contribution in [2.45, 2.75) is 12.5 Å². The summed E-state index contributed by atoms with van der Waals surface area (Å²) >= 11 is 0. The standard InChI is InChI=1S/C13H15FN2O3/c1-19-13(18)15-9-6-7-16(8-9)12(17)10-4-2-3-5-11(10)14/h2-5,9H,6-8H2,1H3,(H,15,18). The first-order valence-corrected chi connectivity index (χ1v) is 6.00. The zero-order chi connectivity index (χ0) is 13.8. The third-order valence-corrected chi connectivity index (χ3v) is 3.09. The topological polar surface area (TPSA) is 58.6 Å². The molecule has 102 valence electrons. The number of nitrogens with one attached hydrogen (secondary N) is 1. The summed E-state index contributed by atoms with van der Waals surface area (Å²) < 4.78 is 18.0. The van der Waals surface area contributed by atoms with Crippen molar-refractivity contribution in [1.29, 1.82) is 0 Å². The first kappa shape index (κ1) is 13.3. The summed E-state index contributed by atoms with van der Waals surface area (Å²) in [6.45, 7) is 0.851. The van der Waals surface area contributed by atoms with Gasteiger partial charge < -0.3 is 15.0 Å². The lowest BCUT2D eigenvalue weighted by molar-refractivity contribution is 0.0783. The molecule has 1 atom stereocenters. The molecule has 2 amide bonds. The number of rotatable bonds is 2. The summed E-state index contributed by atoms with van der Waals surface area (Å²) in [4.78, 5) is 24.7. The number of carbonyl (C=O) groups excluding carboxylic acids is 2. The highest BCUT2D eigenvalue weighted by Crippen LogP contribution is 2.15. The third-order valence-electron chi connectivity index (χ3n) is 3.09. The minimum atomic E-state index is -0.531. The van der Waals surface area contributed by atoms with Crippen LogP contribution >= 0.6 is 0 Å². The molecule has 0 bridgehead atoms. The van der Waals surface area contributed by atoms with Crippen molar-refractivity contribution in [2.75, 3.05) is 20.2 Å². The van der Waals surface area contributed by atoms with Crippen molar-refractivity contribution in [3.8, 4) is 0 Å². The maximum Gasteiger partial charge on any atom is 0.407 e. The van der Waals surface area contributed by atoms with E-state index in [1.54, 1.807) is 6.07 Å². The number of amides is 2. The smallest absolute Gasteiger partial charge is 0.407 e. The maximum absolute atomic E-state index is 13.5. The number of halogens is 1. The Kier molecular flexibility index (Phi) is 3.99. The Balaban J connectivity index is 1.99. The van der Waals surface area contributed by atoms with Gasteiger partial charge in [0.05, 0.1) is 18.7 Å². The van der Waals surface area contributed by atoms with E-state index in [2.05, 4.69) is 10.1 Å². The number of methoxy groups -OCH3 is 1. The van der Waals surface area contributed by atoms with Crippen LogP contribution in [-0.2, 0) is 4.74 Å². The Bertz CT molecular complexity index is 493. The highest BCUT2D eigenvalue weighted by molar-refractivity contribution is 5.94. The fourth-order valence-corrected chi connectivity index (χ4v) is 2.09. The van der Waals surface area contributed by atoms with Gasteiger partial charge in [-0.2, -0.15) is 0 Å². The highest BCUT2D eigenvalue weighted by atomic mass is 19.1. The first-order valence-electron chi connectivity index (χ1n) is 6.00. The molecular formula is C13H15FN2O3. The molecule has 0 radical (unpaired) electrons. The van der Waals surface area contributed by atoms with E-state index < -0.39 is 11.9 Å². The van der Waals surface area contributed by atoms with Crippen molar-refractivity contribution >= 4 is 12.0 Å². The minimum Gasteiger partial charge on any atom is -0.453 e. The molecule has 6 heteroatoms. The number of hydrogen-bond donors (Lipinski definition) is 1. The van der Waals surface area contributed by atoms with Crippen LogP contribution < -0.4 is 5.32 Å². The van der Waals surface area contributed by atoms with Gasteiger partial charge in [0, 0.05) is 13.1 Å². The molecule has 0 aromatic heterocycles. The molecule has 1 aliphatic rings. The SMILES string of the molecule is COC(=O)NC1CCN(C(=O)c2ccccc2F)C1. The lowest BCUT2D eigenvalue weighted by Crippen LogP contribution is -2.38. The summed E-state index contributed by atoms with van der Waals surface area (Å²) in [6.07, 6.45) is 0.111. The number of benzene rings is 1. The second-order valence-electron chi connectivity index (χ2n) is 4.35. The monoisotopic (exact) mass is 266 g/mol. The van der Waals surface area contributed by atoms with Crippen LogP contribution in [0.25, 0.3) is 0 Å². The zero-order valence-corrected chi connectivity index (χ0v) is 10.6. The Morgan fingerprint density at radius 3 is 2.84 bits per heavy atom. The van der Waals surface area contributed by atoms with E-state index in [9.17, 15) is 14.0 Å². The number of alkyl carbamates (subject to hydrolysis) is 1. The van der Waals surface area contributed by atoms with Crippen LogP contribution in [0, 0.1) is 5.82 Å². The largest absolute Gasteiger partial charge is 0.453 e. The molecule has 5 nitrogen and oxygen atoms in total. The summed E-state index contributed by atoms with van der Waals surface area (Å²) in [6, 6.07) is 5.73. The second kappa shape index (κ2) is 5.69. The molecule has 1 aromatic carbocycles. The number of hydrogen-bond acceptors (Lipinski definition) is 3. The quantitative estimate of drug-likeness (QED) is 0.880. The third kappa shape index (κ3) is 3.01. The van der Waals surface area contributed by atoms with Gasteiger partial charge in [0.2, 0.25) is 0 Å². The zero-order valence-electron chi connectivity index (χ0n) is 10.6. The van der Waals surface area contributed by atoms with Crippen molar-refractivity contribution in [2.24, 2.45) is 0 Å². The second-order valence-corrected chi connectivity index (χ2v) is 4.35. The van der Waals surface area contributed by atoms with Crippen LogP contribution in [0.15, 0.2) is 24.3 Å². The van der Waals surface area contributed by atoms with Crippen LogP contribution in [-0.4, -0.2) is 43.1 Å². The molecule has 1 unspecified atom stereocenters. The van der Waals surface area contributed by atoms with Crippen molar-refractivity contribution in [1.82, 2.24) is 10.2 Å². The molecule has 0 saturated carbocycles. The average Bonchev–Trinajstić information content (AvgIpc) is 2.87. The van der Waals surface area contributed by atoms with Crippen LogP contribution in [0.4, 0.5) is 9.18 Å². The van der Waals surface area contributed by atoms with E-state index in [4.69, 9.17) is 0 Å². The molecule has 1 N–H and O–H groups in total. The van der Waals surface area contributed by atoms with Gasteiger partial charge in [-0.15, -0.1) is 0 Å². The number of ether oxygens (including phenoxy) is 1. The fourth-order valence-electron chi connectivity index (χ4n) is 2.09. The van der Waals surface area contributed by atoms with Gasteiger partial charge in [-0.3, -0.25) is 4.79 Å². The van der Waals surface area contributed by atoms with Gasteiger partial charge in [0.15, 0.2) is 0 Å². The molecule has 19 heavy (non-hydrogen) atoms. The van der Waals surface area contributed by atoms with Crippen molar-refractivity contribution in [3.05, 3.63) is 35.6 Å². The Hall–Kier alpha value is -2.11. The molecule has 1 heterocycles. The molecule has 1 saturated heterocycles. The lowest BCUT2D eigenvalue weighted by atomic mass is 10.2. The molecule has 1 fully saturated rings. The average molecular weight is 266 g/mol. The van der Waals surface area contributed by atoms with Gasteiger partial charge >= 0.3 is 6.09 Å². The van der Waals surface area contributed by atoms with E-state index in [1.165, 1.54) is 30.2 Å². The minimum absolute atomic E-state index is 0.0567. The van der Waals surface area contributed by atoms with E-state index >= 15 is 0 Å². The Morgan fingerprint density at radius 1 is 1.42 bits per heavy atom. The van der Waals surface area contributed by atoms with Gasteiger partial charge in [-0.25, -0.2) is 9.18 Å². The molecule has 1 aromatic rings.